The van der Waals surface area contributed by atoms with Crippen LogP contribution in [0.25, 0.3) is 0 Å². The minimum atomic E-state index is -0.518. The standard InChI is InChI=1S/C16H13BrClFN2O2/c1-10-5-6-15(12(17)7-10)23-9-16(22)21-20-8-11-13(18)3-2-4-14(11)19/h2-8H,9H2,1H3,(H,21,22)/b20-8+. The lowest BCUT2D eigenvalue weighted by Crippen LogP contribution is -2.24. The molecule has 0 saturated heterocycles. The Labute approximate surface area is 146 Å². The molecule has 1 N–H and O–H groups in total. The van der Waals surface area contributed by atoms with Crippen LogP contribution in [-0.2, 0) is 4.79 Å². The van der Waals surface area contributed by atoms with Crippen LogP contribution in [0.5, 0.6) is 5.75 Å². The molecule has 1 amide bonds. The fraction of sp³-hybridized carbons (Fsp3) is 0.125. The first-order chi connectivity index (χ1) is 11.0. The first-order valence-corrected chi connectivity index (χ1v) is 7.79. The molecule has 0 aliphatic heterocycles. The fourth-order valence-corrected chi connectivity index (χ4v) is 2.52. The number of rotatable bonds is 5. The molecule has 0 heterocycles. The van der Waals surface area contributed by atoms with Gasteiger partial charge in [-0.1, -0.05) is 23.7 Å². The zero-order chi connectivity index (χ0) is 16.8. The molecular weight excluding hydrogens is 387 g/mol. The van der Waals surface area contributed by atoms with Crippen molar-refractivity contribution in [1.29, 1.82) is 0 Å². The lowest BCUT2D eigenvalue weighted by atomic mass is 10.2. The molecule has 0 fully saturated rings. The van der Waals surface area contributed by atoms with Crippen molar-refractivity contribution in [1.82, 2.24) is 5.43 Å². The smallest absolute Gasteiger partial charge is 0.277 e. The van der Waals surface area contributed by atoms with Gasteiger partial charge in [-0.2, -0.15) is 5.10 Å². The summed E-state index contributed by atoms with van der Waals surface area (Å²) in [5.74, 6) is -0.441. The van der Waals surface area contributed by atoms with E-state index in [1.54, 1.807) is 6.07 Å². The molecule has 4 nitrogen and oxygen atoms in total. The van der Waals surface area contributed by atoms with E-state index in [0.717, 1.165) is 16.3 Å². The molecule has 0 spiro atoms. The first kappa shape index (κ1) is 17.4. The van der Waals surface area contributed by atoms with Crippen molar-refractivity contribution < 1.29 is 13.9 Å². The van der Waals surface area contributed by atoms with E-state index >= 15 is 0 Å². The Morgan fingerprint density at radius 2 is 2.22 bits per heavy atom. The molecule has 0 bridgehead atoms. The average Bonchev–Trinajstić information content (AvgIpc) is 2.49. The molecule has 2 rings (SSSR count). The van der Waals surface area contributed by atoms with Crippen LogP contribution in [0.4, 0.5) is 4.39 Å². The summed E-state index contributed by atoms with van der Waals surface area (Å²) >= 11 is 9.20. The van der Waals surface area contributed by atoms with Gasteiger partial charge in [-0.25, -0.2) is 9.82 Å². The van der Waals surface area contributed by atoms with Crippen molar-refractivity contribution in [3.8, 4) is 5.75 Å². The van der Waals surface area contributed by atoms with Gasteiger partial charge in [0.25, 0.3) is 5.91 Å². The minimum Gasteiger partial charge on any atom is -0.483 e. The lowest BCUT2D eigenvalue weighted by Gasteiger charge is -2.07. The van der Waals surface area contributed by atoms with Crippen LogP contribution in [0, 0.1) is 12.7 Å². The molecule has 0 aliphatic carbocycles. The van der Waals surface area contributed by atoms with Gasteiger partial charge in [-0.15, -0.1) is 0 Å². The van der Waals surface area contributed by atoms with Crippen LogP contribution in [0.15, 0.2) is 46.0 Å². The van der Waals surface area contributed by atoms with Gasteiger partial charge in [0, 0.05) is 5.56 Å². The van der Waals surface area contributed by atoms with Crippen LogP contribution in [0.3, 0.4) is 0 Å². The highest BCUT2D eigenvalue weighted by Crippen LogP contribution is 2.25. The number of hydrogen-bond acceptors (Lipinski definition) is 3. The van der Waals surface area contributed by atoms with Crippen molar-refractivity contribution in [2.24, 2.45) is 5.10 Å². The molecule has 2 aromatic carbocycles. The number of halogens is 3. The highest BCUT2D eigenvalue weighted by Gasteiger charge is 2.06. The molecular formula is C16H13BrClFN2O2. The second-order valence-electron chi connectivity index (χ2n) is 4.65. The Morgan fingerprint density at radius 3 is 2.91 bits per heavy atom. The maximum Gasteiger partial charge on any atom is 0.277 e. The van der Waals surface area contributed by atoms with Crippen molar-refractivity contribution in [3.63, 3.8) is 0 Å². The van der Waals surface area contributed by atoms with Gasteiger partial charge in [0.05, 0.1) is 15.7 Å². The lowest BCUT2D eigenvalue weighted by molar-refractivity contribution is -0.123. The maximum absolute atomic E-state index is 13.5. The largest absolute Gasteiger partial charge is 0.483 e. The predicted molar refractivity (Wildman–Crippen MR) is 91.5 cm³/mol. The molecule has 0 aromatic heterocycles. The van der Waals surface area contributed by atoms with Gasteiger partial charge in [0.1, 0.15) is 11.6 Å². The zero-order valence-electron chi connectivity index (χ0n) is 12.1. The number of hydrogen-bond donors (Lipinski definition) is 1. The Kier molecular flexibility index (Phi) is 6.12. The number of nitrogens with one attached hydrogen (secondary N) is 1. The molecule has 0 radical (unpaired) electrons. The van der Waals surface area contributed by atoms with Gasteiger partial charge < -0.3 is 4.74 Å². The molecule has 7 heteroatoms. The Hall–Kier alpha value is -1.92. The van der Waals surface area contributed by atoms with Crippen molar-refractivity contribution in [2.45, 2.75) is 6.92 Å². The summed E-state index contributed by atoms with van der Waals surface area (Å²) in [5.41, 5.74) is 3.43. The normalized spacial score (nSPS) is 10.8. The molecule has 0 aliphatic rings. The van der Waals surface area contributed by atoms with Crippen molar-refractivity contribution in [3.05, 3.63) is 62.8 Å². The average molecular weight is 400 g/mol. The summed E-state index contributed by atoms with van der Waals surface area (Å²) in [7, 11) is 0. The summed E-state index contributed by atoms with van der Waals surface area (Å²) in [6.45, 7) is 1.73. The second-order valence-corrected chi connectivity index (χ2v) is 5.91. The van der Waals surface area contributed by atoms with E-state index in [4.69, 9.17) is 16.3 Å². The Balaban J connectivity index is 1.89. The number of carbonyl (C=O) groups excluding carboxylic acids is 1. The number of aryl methyl sites for hydroxylation is 1. The minimum absolute atomic E-state index is 0.108. The SMILES string of the molecule is Cc1ccc(OCC(=O)N/N=C/c2c(F)cccc2Cl)c(Br)c1. The first-order valence-electron chi connectivity index (χ1n) is 6.62. The summed E-state index contributed by atoms with van der Waals surface area (Å²) in [6, 6.07) is 9.79. The maximum atomic E-state index is 13.5. The Bertz CT molecular complexity index is 733. The fourth-order valence-electron chi connectivity index (χ4n) is 1.70. The van der Waals surface area contributed by atoms with E-state index < -0.39 is 11.7 Å². The number of carbonyl (C=O) groups is 1. The van der Waals surface area contributed by atoms with Crippen LogP contribution >= 0.6 is 27.5 Å². The van der Waals surface area contributed by atoms with E-state index in [0.29, 0.717) is 5.75 Å². The molecule has 2 aromatic rings. The highest BCUT2D eigenvalue weighted by molar-refractivity contribution is 9.10. The molecule has 120 valence electrons. The second kappa shape index (κ2) is 8.08. The topological polar surface area (TPSA) is 50.7 Å². The van der Waals surface area contributed by atoms with Crippen molar-refractivity contribution in [2.75, 3.05) is 6.61 Å². The van der Waals surface area contributed by atoms with Gasteiger partial charge in [0.15, 0.2) is 6.61 Å². The third-order valence-electron chi connectivity index (χ3n) is 2.83. The predicted octanol–water partition coefficient (Wildman–Crippen LogP) is 4.08. The van der Waals surface area contributed by atoms with Gasteiger partial charge >= 0.3 is 0 Å². The quantitative estimate of drug-likeness (QED) is 0.608. The van der Waals surface area contributed by atoms with E-state index in [1.807, 2.05) is 19.1 Å². The molecule has 0 saturated carbocycles. The number of ether oxygens (including phenoxy) is 1. The van der Waals surface area contributed by atoms with Crippen LogP contribution in [0.1, 0.15) is 11.1 Å². The van der Waals surface area contributed by atoms with Gasteiger partial charge in [-0.3, -0.25) is 4.79 Å². The third kappa shape index (κ3) is 5.04. The summed E-state index contributed by atoms with van der Waals surface area (Å²) in [6.07, 6.45) is 1.15. The zero-order valence-corrected chi connectivity index (χ0v) is 14.5. The summed E-state index contributed by atoms with van der Waals surface area (Å²) < 4.78 is 19.6. The van der Waals surface area contributed by atoms with Crippen LogP contribution < -0.4 is 10.2 Å². The van der Waals surface area contributed by atoms with E-state index in [1.165, 1.54) is 18.2 Å². The molecule has 0 unspecified atom stereocenters. The number of nitrogens with zero attached hydrogens (tertiary/aromatic N) is 1. The number of benzene rings is 2. The van der Waals surface area contributed by atoms with E-state index in [2.05, 4.69) is 26.5 Å². The monoisotopic (exact) mass is 398 g/mol. The third-order valence-corrected chi connectivity index (χ3v) is 3.78. The number of hydrazone groups is 1. The van der Waals surface area contributed by atoms with Gasteiger partial charge in [0.2, 0.25) is 0 Å². The van der Waals surface area contributed by atoms with Crippen molar-refractivity contribution >= 4 is 39.7 Å². The summed E-state index contributed by atoms with van der Waals surface area (Å²) in [4.78, 5) is 11.7. The highest BCUT2D eigenvalue weighted by atomic mass is 79.9. The van der Waals surface area contributed by atoms with Gasteiger partial charge in [-0.05, 0) is 52.7 Å². The van der Waals surface area contributed by atoms with Crippen LogP contribution in [-0.4, -0.2) is 18.7 Å². The van der Waals surface area contributed by atoms with E-state index in [-0.39, 0.29) is 17.2 Å². The number of amides is 1. The molecule has 0 atom stereocenters. The van der Waals surface area contributed by atoms with E-state index in [9.17, 15) is 9.18 Å². The Morgan fingerprint density at radius 1 is 1.43 bits per heavy atom. The summed E-state index contributed by atoms with van der Waals surface area (Å²) in [5, 5.41) is 3.88. The van der Waals surface area contributed by atoms with Crippen LogP contribution in [0.2, 0.25) is 5.02 Å². The molecule has 23 heavy (non-hydrogen) atoms.